The van der Waals surface area contributed by atoms with Gasteiger partial charge in [0.2, 0.25) is 5.91 Å². The molecule has 1 amide bonds. The Balaban J connectivity index is 2.62. The molecule has 0 heterocycles. The van der Waals surface area contributed by atoms with E-state index >= 15 is 0 Å². The molecule has 0 bridgehead atoms. The summed E-state index contributed by atoms with van der Waals surface area (Å²) in [6, 6.07) is 8.83. The summed E-state index contributed by atoms with van der Waals surface area (Å²) in [4.78, 5) is 23.4. The van der Waals surface area contributed by atoms with Crippen LogP contribution in [0.4, 0.5) is 0 Å². The van der Waals surface area contributed by atoms with Gasteiger partial charge in [0.25, 0.3) is 0 Å². The molecular weight excluding hydrogens is 306 g/mol. The Hall–Kier alpha value is -1.14. The van der Waals surface area contributed by atoms with E-state index in [9.17, 15) is 9.59 Å². The standard InChI is InChI=1S/C15H21NO3S2/c1-21-8-7-13(15(18)19)16-14(17)12(10-20)9-11-5-3-2-4-6-11/h2-6,12-13,20H,7-10H2,1H3,(H,16,17)(H,18,19)/t12-,13-/m1/s1. The van der Waals surface area contributed by atoms with Crippen molar-refractivity contribution in [3.63, 3.8) is 0 Å². The Bertz CT molecular complexity index is 453. The summed E-state index contributed by atoms with van der Waals surface area (Å²) in [6.07, 6.45) is 2.89. The van der Waals surface area contributed by atoms with Crippen LogP contribution < -0.4 is 5.32 Å². The van der Waals surface area contributed by atoms with Crippen molar-refractivity contribution >= 4 is 36.3 Å². The molecule has 0 saturated carbocycles. The quantitative estimate of drug-likeness (QED) is 0.608. The molecule has 0 spiro atoms. The van der Waals surface area contributed by atoms with Crippen LogP contribution in [-0.4, -0.2) is 40.8 Å². The van der Waals surface area contributed by atoms with Gasteiger partial charge in [-0.15, -0.1) is 0 Å². The zero-order chi connectivity index (χ0) is 15.7. The van der Waals surface area contributed by atoms with Gasteiger partial charge in [0, 0.05) is 5.75 Å². The molecule has 2 atom stereocenters. The van der Waals surface area contributed by atoms with Gasteiger partial charge in [-0.3, -0.25) is 4.79 Å². The molecule has 21 heavy (non-hydrogen) atoms. The summed E-state index contributed by atoms with van der Waals surface area (Å²) in [5.74, 6) is -0.485. The molecule has 0 aliphatic rings. The van der Waals surface area contributed by atoms with Crippen LogP contribution in [0.1, 0.15) is 12.0 Å². The monoisotopic (exact) mass is 327 g/mol. The molecule has 0 aliphatic heterocycles. The molecule has 0 aliphatic carbocycles. The molecule has 0 radical (unpaired) electrons. The van der Waals surface area contributed by atoms with E-state index in [0.717, 1.165) is 5.56 Å². The maximum atomic E-state index is 12.2. The molecule has 6 heteroatoms. The molecule has 0 aromatic heterocycles. The van der Waals surface area contributed by atoms with Gasteiger partial charge in [-0.25, -0.2) is 4.79 Å². The Kier molecular flexibility index (Phi) is 8.30. The Morgan fingerprint density at radius 1 is 1.33 bits per heavy atom. The third-order valence-electron chi connectivity index (χ3n) is 3.14. The summed E-state index contributed by atoms with van der Waals surface area (Å²) in [5.41, 5.74) is 1.04. The molecule has 4 nitrogen and oxygen atoms in total. The highest BCUT2D eigenvalue weighted by atomic mass is 32.2. The average molecular weight is 327 g/mol. The first kappa shape index (κ1) is 17.9. The summed E-state index contributed by atoms with van der Waals surface area (Å²) >= 11 is 5.78. The van der Waals surface area contributed by atoms with E-state index in [0.29, 0.717) is 24.3 Å². The highest BCUT2D eigenvalue weighted by Gasteiger charge is 2.24. The SMILES string of the molecule is CSCC[C@@H](NC(=O)[C@@H](CS)Cc1ccccc1)C(=O)O. The average Bonchev–Trinajstić information content (AvgIpc) is 2.49. The van der Waals surface area contributed by atoms with E-state index in [1.54, 1.807) is 11.8 Å². The summed E-state index contributed by atoms with van der Waals surface area (Å²) in [5, 5.41) is 11.8. The molecule has 0 unspecified atom stereocenters. The van der Waals surface area contributed by atoms with Crippen molar-refractivity contribution in [3.8, 4) is 0 Å². The minimum Gasteiger partial charge on any atom is -0.480 e. The first-order valence-corrected chi connectivity index (χ1v) is 8.78. The lowest BCUT2D eigenvalue weighted by atomic mass is 9.99. The van der Waals surface area contributed by atoms with Gasteiger partial charge in [-0.1, -0.05) is 30.3 Å². The number of carboxylic acid groups (broad SMARTS) is 1. The molecule has 1 rings (SSSR count). The second-order valence-electron chi connectivity index (χ2n) is 4.75. The maximum absolute atomic E-state index is 12.2. The van der Waals surface area contributed by atoms with E-state index in [2.05, 4.69) is 17.9 Å². The van der Waals surface area contributed by atoms with Crippen LogP contribution in [-0.2, 0) is 16.0 Å². The molecular formula is C15H21NO3S2. The van der Waals surface area contributed by atoms with Crippen molar-refractivity contribution < 1.29 is 14.7 Å². The number of hydrogen-bond donors (Lipinski definition) is 3. The van der Waals surface area contributed by atoms with Gasteiger partial charge in [0.05, 0.1) is 5.92 Å². The minimum absolute atomic E-state index is 0.248. The van der Waals surface area contributed by atoms with E-state index in [-0.39, 0.29) is 11.8 Å². The lowest BCUT2D eigenvalue weighted by Gasteiger charge is -2.19. The number of carbonyl (C=O) groups excluding carboxylic acids is 1. The number of benzene rings is 1. The van der Waals surface area contributed by atoms with Crippen LogP contribution in [0.15, 0.2) is 30.3 Å². The number of thiol groups is 1. The lowest BCUT2D eigenvalue weighted by Crippen LogP contribution is -2.44. The van der Waals surface area contributed by atoms with Crippen LogP contribution in [0.3, 0.4) is 0 Å². The van der Waals surface area contributed by atoms with Crippen molar-refractivity contribution in [2.24, 2.45) is 5.92 Å². The number of hydrogen-bond acceptors (Lipinski definition) is 4. The molecule has 2 N–H and O–H groups in total. The number of amides is 1. The molecule has 1 aromatic rings. The maximum Gasteiger partial charge on any atom is 0.326 e. The van der Waals surface area contributed by atoms with Crippen LogP contribution in [0.2, 0.25) is 0 Å². The lowest BCUT2D eigenvalue weighted by molar-refractivity contribution is -0.142. The zero-order valence-corrected chi connectivity index (χ0v) is 13.7. The van der Waals surface area contributed by atoms with Gasteiger partial charge in [-0.2, -0.15) is 24.4 Å². The van der Waals surface area contributed by atoms with Gasteiger partial charge in [0.1, 0.15) is 6.04 Å². The number of rotatable bonds is 9. The fraction of sp³-hybridized carbons (Fsp3) is 0.467. The Morgan fingerprint density at radius 2 is 2.00 bits per heavy atom. The van der Waals surface area contributed by atoms with E-state index in [4.69, 9.17) is 5.11 Å². The highest BCUT2D eigenvalue weighted by molar-refractivity contribution is 7.98. The van der Waals surface area contributed by atoms with E-state index < -0.39 is 12.0 Å². The van der Waals surface area contributed by atoms with Crippen molar-refractivity contribution in [1.82, 2.24) is 5.32 Å². The predicted octanol–water partition coefficient (Wildman–Crippen LogP) is 2.10. The number of aliphatic carboxylic acids is 1. The van der Waals surface area contributed by atoms with Crippen molar-refractivity contribution in [2.45, 2.75) is 18.9 Å². The Labute approximate surface area is 135 Å². The van der Waals surface area contributed by atoms with Crippen LogP contribution >= 0.6 is 24.4 Å². The Morgan fingerprint density at radius 3 is 2.52 bits per heavy atom. The summed E-state index contributed by atoms with van der Waals surface area (Å²) in [6.45, 7) is 0. The summed E-state index contributed by atoms with van der Waals surface area (Å²) in [7, 11) is 0. The normalized spacial score (nSPS) is 13.4. The van der Waals surface area contributed by atoms with Gasteiger partial charge < -0.3 is 10.4 Å². The number of thioether (sulfide) groups is 1. The first-order valence-electron chi connectivity index (χ1n) is 6.75. The number of carbonyl (C=O) groups is 2. The van der Waals surface area contributed by atoms with Crippen molar-refractivity contribution in [3.05, 3.63) is 35.9 Å². The molecule has 1 aromatic carbocycles. The van der Waals surface area contributed by atoms with E-state index in [1.165, 1.54) is 0 Å². The van der Waals surface area contributed by atoms with Crippen molar-refractivity contribution in [2.75, 3.05) is 17.8 Å². The summed E-state index contributed by atoms with van der Waals surface area (Å²) < 4.78 is 0. The fourth-order valence-electron chi connectivity index (χ4n) is 1.92. The third kappa shape index (κ3) is 6.44. The van der Waals surface area contributed by atoms with Gasteiger partial charge in [0.15, 0.2) is 0 Å². The third-order valence-corrected chi connectivity index (χ3v) is 4.23. The molecule has 116 valence electrons. The number of nitrogens with one attached hydrogen (secondary N) is 1. The smallest absolute Gasteiger partial charge is 0.326 e. The second kappa shape index (κ2) is 9.73. The fourth-order valence-corrected chi connectivity index (χ4v) is 2.69. The first-order chi connectivity index (χ1) is 10.1. The van der Waals surface area contributed by atoms with Crippen molar-refractivity contribution in [1.29, 1.82) is 0 Å². The topological polar surface area (TPSA) is 66.4 Å². The van der Waals surface area contributed by atoms with Crippen LogP contribution in [0.5, 0.6) is 0 Å². The number of carboxylic acids is 1. The van der Waals surface area contributed by atoms with Gasteiger partial charge >= 0.3 is 5.97 Å². The largest absolute Gasteiger partial charge is 0.480 e. The van der Waals surface area contributed by atoms with Crippen LogP contribution in [0, 0.1) is 5.92 Å². The molecule has 0 saturated heterocycles. The van der Waals surface area contributed by atoms with E-state index in [1.807, 2.05) is 36.6 Å². The molecule has 0 fully saturated rings. The predicted molar refractivity (Wildman–Crippen MR) is 90.1 cm³/mol. The second-order valence-corrected chi connectivity index (χ2v) is 6.10. The highest BCUT2D eigenvalue weighted by Crippen LogP contribution is 2.11. The minimum atomic E-state index is -0.991. The zero-order valence-electron chi connectivity index (χ0n) is 12.0. The van der Waals surface area contributed by atoms with Gasteiger partial charge in [-0.05, 0) is 30.4 Å². The van der Waals surface area contributed by atoms with Crippen LogP contribution in [0.25, 0.3) is 0 Å².